The van der Waals surface area contributed by atoms with Gasteiger partial charge in [-0.25, -0.2) is 14.4 Å². The molecule has 1 saturated carbocycles. The maximum atomic E-state index is 11.5. The second-order valence-electron chi connectivity index (χ2n) is 5.40. The molecule has 2 aliphatic heterocycles. The van der Waals surface area contributed by atoms with E-state index in [-0.39, 0.29) is 0 Å². The third-order valence-corrected chi connectivity index (χ3v) is 3.86. The molecule has 1 amide bonds. The first-order valence-corrected chi connectivity index (χ1v) is 6.86. The summed E-state index contributed by atoms with van der Waals surface area (Å²) in [5.74, 6) is -1.53. The van der Waals surface area contributed by atoms with E-state index in [1.165, 1.54) is 5.01 Å². The summed E-state index contributed by atoms with van der Waals surface area (Å²) in [6.45, 7) is 1.05. The van der Waals surface area contributed by atoms with Crippen molar-refractivity contribution < 1.29 is 29.4 Å². The summed E-state index contributed by atoms with van der Waals surface area (Å²) in [5.41, 5.74) is 0. The highest BCUT2D eigenvalue weighted by atomic mass is 16.8. The molecule has 3 aliphatic rings. The van der Waals surface area contributed by atoms with Crippen LogP contribution in [0.15, 0.2) is 12.2 Å². The Morgan fingerprint density at radius 2 is 1.52 bits per heavy atom. The van der Waals surface area contributed by atoms with Crippen LogP contribution < -0.4 is 0 Å². The van der Waals surface area contributed by atoms with E-state index in [1.54, 1.807) is 0 Å². The summed E-state index contributed by atoms with van der Waals surface area (Å²) < 4.78 is 0. The van der Waals surface area contributed by atoms with Crippen LogP contribution >= 0.6 is 0 Å². The van der Waals surface area contributed by atoms with E-state index in [0.717, 1.165) is 25.7 Å². The predicted molar refractivity (Wildman–Crippen MR) is 69.8 cm³/mol. The predicted octanol–water partition coefficient (Wildman–Crippen LogP) is 1.10. The van der Waals surface area contributed by atoms with Crippen LogP contribution in [0.1, 0.15) is 25.7 Å². The Bertz CT molecular complexity index is 442. The van der Waals surface area contributed by atoms with E-state index < -0.39 is 18.0 Å². The van der Waals surface area contributed by atoms with Gasteiger partial charge >= 0.3 is 18.0 Å². The summed E-state index contributed by atoms with van der Waals surface area (Å²) >= 11 is 0. The molecule has 2 N–H and O–H groups in total. The van der Waals surface area contributed by atoms with Crippen LogP contribution in [0, 0.1) is 11.8 Å². The van der Waals surface area contributed by atoms with Gasteiger partial charge in [-0.1, -0.05) is 5.17 Å². The van der Waals surface area contributed by atoms with Gasteiger partial charge in [0.2, 0.25) is 0 Å². The number of hydrogen-bond acceptors (Lipinski definition) is 5. The minimum absolute atomic E-state index is 0.402. The van der Waals surface area contributed by atoms with E-state index in [9.17, 15) is 19.5 Å². The number of rotatable bonds is 3. The molecule has 8 nitrogen and oxygen atoms in total. The number of carbonyl (C=O) groups excluding carboxylic acids is 1. The van der Waals surface area contributed by atoms with Crippen molar-refractivity contribution >= 4 is 18.0 Å². The van der Waals surface area contributed by atoms with Gasteiger partial charge in [0.25, 0.3) is 0 Å². The van der Waals surface area contributed by atoms with Gasteiger partial charge in [0.15, 0.2) is 0 Å². The molecule has 0 aromatic rings. The van der Waals surface area contributed by atoms with Crippen LogP contribution in [0.4, 0.5) is 4.79 Å². The number of fused-ring (bicyclic) bond motifs is 4. The van der Waals surface area contributed by atoms with Gasteiger partial charge in [0.05, 0.1) is 0 Å². The first kappa shape index (κ1) is 15.3. The maximum absolute atomic E-state index is 11.5. The Hall–Kier alpha value is -2.09. The fourth-order valence-corrected chi connectivity index (χ4v) is 2.89. The average Bonchev–Trinajstić information content (AvgIpc) is 2.75. The Kier molecular flexibility index (Phi) is 4.79. The van der Waals surface area contributed by atoms with Crippen LogP contribution in [0.25, 0.3) is 0 Å². The molecule has 0 atom stereocenters. The average molecular weight is 298 g/mol. The van der Waals surface area contributed by atoms with Crippen LogP contribution in [0.2, 0.25) is 0 Å². The summed E-state index contributed by atoms with van der Waals surface area (Å²) in [7, 11) is 0. The number of aliphatic carboxylic acids is 1. The Balaban J connectivity index is 2.03. The molecule has 2 heterocycles. The molecule has 3 rings (SSSR count). The topological polar surface area (TPSA) is 107 Å². The van der Waals surface area contributed by atoms with E-state index in [0.29, 0.717) is 42.2 Å². The molecule has 0 aromatic heterocycles. The zero-order valence-electron chi connectivity index (χ0n) is 11.5. The standard InChI is InChI=1S/C13H18N2O6/c16-11(17)5-6-12(18)21-15(13(19)20)14-7-9-1-2-10(8-14)4-3-9/h5-6,9-10H,1-4,7-8H2,(H,16,17)(H,19,20)/b6-5+. The summed E-state index contributed by atoms with van der Waals surface area (Å²) in [6, 6.07) is 0. The molecular weight excluding hydrogens is 280 g/mol. The molecule has 21 heavy (non-hydrogen) atoms. The molecule has 2 bridgehead atoms. The van der Waals surface area contributed by atoms with Gasteiger partial charge in [-0.15, -0.1) is 0 Å². The molecule has 116 valence electrons. The molecule has 0 aromatic carbocycles. The molecule has 2 saturated heterocycles. The first-order chi connectivity index (χ1) is 9.95. The monoisotopic (exact) mass is 298 g/mol. The molecule has 3 fully saturated rings. The van der Waals surface area contributed by atoms with Crippen molar-refractivity contribution in [1.82, 2.24) is 10.2 Å². The van der Waals surface area contributed by atoms with Gasteiger partial charge in [-0.05, 0) is 37.5 Å². The van der Waals surface area contributed by atoms with Crippen molar-refractivity contribution in [2.45, 2.75) is 25.7 Å². The van der Waals surface area contributed by atoms with Gasteiger partial charge in [-0.3, -0.25) is 0 Å². The van der Waals surface area contributed by atoms with Crippen molar-refractivity contribution in [3.05, 3.63) is 12.2 Å². The van der Waals surface area contributed by atoms with Crippen molar-refractivity contribution in [2.75, 3.05) is 13.1 Å². The number of hydroxylamine groups is 1. The number of hydrogen-bond donors (Lipinski definition) is 2. The Morgan fingerprint density at radius 3 is 1.95 bits per heavy atom. The SMILES string of the molecule is O=C(O)/C=C/C(=O)ON(C(=O)O)N1CC2CCC(CC2)C1. The third-order valence-electron chi connectivity index (χ3n) is 3.86. The number of hydrazine groups is 1. The molecule has 1 aliphatic carbocycles. The second-order valence-corrected chi connectivity index (χ2v) is 5.40. The quantitative estimate of drug-likeness (QED) is 0.593. The van der Waals surface area contributed by atoms with E-state index in [2.05, 4.69) is 0 Å². The number of carboxylic acids is 1. The van der Waals surface area contributed by atoms with Gasteiger partial charge < -0.3 is 15.1 Å². The fourth-order valence-electron chi connectivity index (χ4n) is 2.89. The lowest BCUT2D eigenvalue weighted by Crippen LogP contribution is -2.48. The molecule has 8 heteroatoms. The number of carboxylic acid groups (broad SMARTS) is 2. The van der Waals surface area contributed by atoms with Crippen LogP contribution in [0.3, 0.4) is 0 Å². The zero-order chi connectivity index (χ0) is 15.4. The molecule has 0 radical (unpaired) electrons. The summed E-state index contributed by atoms with van der Waals surface area (Å²) in [4.78, 5) is 37.8. The maximum Gasteiger partial charge on any atom is 0.456 e. The number of carbonyl (C=O) groups is 3. The van der Waals surface area contributed by atoms with Crippen molar-refractivity contribution in [1.29, 1.82) is 0 Å². The largest absolute Gasteiger partial charge is 0.478 e. The fraction of sp³-hybridized carbons (Fsp3) is 0.615. The molecular formula is C13H18N2O6. The third kappa shape index (κ3) is 4.19. The highest BCUT2D eigenvalue weighted by Crippen LogP contribution is 2.34. The van der Waals surface area contributed by atoms with Gasteiger partial charge in [0.1, 0.15) is 0 Å². The Morgan fingerprint density at radius 1 is 1.00 bits per heavy atom. The van der Waals surface area contributed by atoms with Crippen LogP contribution in [0.5, 0.6) is 0 Å². The van der Waals surface area contributed by atoms with E-state index in [1.807, 2.05) is 0 Å². The highest BCUT2D eigenvalue weighted by Gasteiger charge is 2.35. The first-order valence-electron chi connectivity index (χ1n) is 6.86. The van der Waals surface area contributed by atoms with Crippen LogP contribution in [-0.2, 0) is 14.4 Å². The second kappa shape index (κ2) is 6.57. The van der Waals surface area contributed by atoms with Crippen LogP contribution in [-0.4, -0.2) is 51.5 Å². The van der Waals surface area contributed by atoms with E-state index in [4.69, 9.17) is 9.94 Å². The number of amides is 1. The molecule has 0 spiro atoms. The zero-order valence-corrected chi connectivity index (χ0v) is 11.5. The van der Waals surface area contributed by atoms with E-state index >= 15 is 0 Å². The molecule has 0 unspecified atom stereocenters. The lowest BCUT2D eigenvalue weighted by molar-refractivity contribution is -0.240. The normalized spacial score (nSPS) is 25.5. The smallest absolute Gasteiger partial charge is 0.456 e. The lowest BCUT2D eigenvalue weighted by atomic mass is 9.84. The van der Waals surface area contributed by atoms with Crippen molar-refractivity contribution in [2.24, 2.45) is 11.8 Å². The highest BCUT2D eigenvalue weighted by molar-refractivity contribution is 5.91. The minimum Gasteiger partial charge on any atom is -0.478 e. The number of nitrogens with zero attached hydrogens (tertiary/aromatic N) is 2. The van der Waals surface area contributed by atoms with Crippen molar-refractivity contribution in [3.63, 3.8) is 0 Å². The van der Waals surface area contributed by atoms with Gasteiger partial charge in [-0.2, -0.15) is 5.01 Å². The minimum atomic E-state index is -1.40. The lowest BCUT2D eigenvalue weighted by Gasteiger charge is -2.30. The van der Waals surface area contributed by atoms with Crippen molar-refractivity contribution in [3.8, 4) is 0 Å². The van der Waals surface area contributed by atoms with Gasteiger partial charge in [0, 0.05) is 25.2 Å². The summed E-state index contributed by atoms with van der Waals surface area (Å²) in [6.07, 6.45) is 4.12. The Labute approximate surface area is 121 Å². The summed E-state index contributed by atoms with van der Waals surface area (Å²) in [5, 5.41) is 19.7.